The molecule has 36 heavy (non-hydrogen) atoms. The first-order valence-corrected chi connectivity index (χ1v) is 12.0. The summed E-state index contributed by atoms with van der Waals surface area (Å²) in [5.74, 6) is -1.29. The Morgan fingerprint density at radius 3 is 2.42 bits per heavy atom. The number of aromatic nitrogens is 2. The van der Waals surface area contributed by atoms with Crippen molar-refractivity contribution in [3.05, 3.63) is 94.0 Å². The average molecular weight is 488 g/mol. The first-order chi connectivity index (χ1) is 17.5. The van der Waals surface area contributed by atoms with Crippen molar-refractivity contribution in [1.29, 1.82) is 0 Å². The highest BCUT2D eigenvalue weighted by molar-refractivity contribution is 6.07. The van der Waals surface area contributed by atoms with Gasteiger partial charge in [-0.1, -0.05) is 37.3 Å². The molecule has 1 aromatic heterocycles. The first kappa shape index (κ1) is 23.7. The van der Waals surface area contributed by atoms with E-state index in [4.69, 9.17) is 4.99 Å². The van der Waals surface area contributed by atoms with Gasteiger partial charge in [0.05, 0.1) is 29.4 Å². The summed E-state index contributed by atoms with van der Waals surface area (Å²) in [5, 5.41) is 0. The van der Waals surface area contributed by atoms with Gasteiger partial charge in [-0.15, -0.1) is 0 Å². The molecular weight excluding hydrogens is 460 g/mol. The van der Waals surface area contributed by atoms with Crippen molar-refractivity contribution in [1.82, 2.24) is 9.97 Å². The summed E-state index contributed by atoms with van der Waals surface area (Å²) in [5.41, 5.74) is 5.59. The standard InChI is InChI=1S/C28H27F2N5O/c1-3-23(26-20-7-5-4-6-8-24(20)33-28(26)36)32-25-15-19(10-9-18(25)2)34-11-13-35(14-12-34)27-21(29)16-31-17-22(27)30/h4-10,15-17H,3,11-14H2,1-2H3,(H,33,36). The fourth-order valence-electron chi connectivity index (χ4n) is 4.73. The molecule has 1 aromatic carbocycles. The van der Waals surface area contributed by atoms with Crippen LogP contribution < -0.4 is 15.4 Å². The molecule has 0 saturated carbocycles. The molecule has 3 heterocycles. The number of piperazine rings is 1. The Morgan fingerprint density at radius 1 is 1.00 bits per heavy atom. The number of rotatable bonds is 5. The van der Waals surface area contributed by atoms with Crippen LogP contribution in [0.25, 0.3) is 11.3 Å². The van der Waals surface area contributed by atoms with Gasteiger partial charge in [0.25, 0.3) is 5.56 Å². The minimum Gasteiger partial charge on any atom is -0.368 e. The number of anilines is 2. The molecule has 5 rings (SSSR count). The summed E-state index contributed by atoms with van der Waals surface area (Å²) >= 11 is 0. The second-order valence-corrected chi connectivity index (χ2v) is 8.88. The highest BCUT2D eigenvalue weighted by Crippen LogP contribution is 2.30. The predicted octanol–water partition coefficient (Wildman–Crippen LogP) is 5.32. The van der Waals surface area contributed by atoms with Gasteiger partial charge >= 0.3 is 0 Å². The molecule has 6 nitrogen and oxygen atoms in total. The SMILES string of the molecule is CCC(=Nc1cc(N2CCN(c3c(F)cncc3F)CC2)ccc1C)c1c2cccccc-2[nH]c1=O. The van der Waals surface area contributed by atoms with Crippen LogP contribution in [0.2, 0.25) is 0 Å². The van der Waals surface area contributed by atoms with Crippen LogP contribution in [0, 0.1) is 18.6 Å². The minimum atomic E-state index is -0.647. The zero-order valence-electron chi connectivity index (χ0n) is 20.3. The monoisotopic (exact) mass is 487 g/mol. The molecule has 1 aliphatic carbocycles. The number of nitrogens with zero attached hydrogens (tertiary/aromatic N) is 4. The van der Waals surface area contributed by atoms with E-state index in [9.17, 15) is 13.6 Å². The van der Waals surface area contributed by atoms with Crippen molar-refractivity contribution in [2.24, 2.45) is 4.99 Å². The molecule has 0 spiro atoms. The van der Waals surface area contributed by atoms with Gasteiger partial charge in [0.2, 0.25) is 0 Å². The lowest BCUT2D eigenvalue weighted by molar-refractivity contribution is 0.549. The predicted molar refractivity (Wildman–Crippen MR) is 140 cm³/mol. The normalized spacial score (nSPS) is 14.5. The summed E-state index contributed by atoms with van der Waals surface area (Å²) < 4.78 is 28.3. The average Bonchev–Trinajstić information content (AvgIpc) is 3.02. The topological polar surface area (TPSA) is 64.6 Å². The Labute approximate surface area is 208 Å². The highest BCUT2D eigenvalue weighted by Gasteiger charge is 2.23. The van der Waals surface area contributed by atoms with Crippen molar-refractivity contribution in [3.8, 4) is 11.3 Å². The summed E-state index contributed by atoms with van der Waals surface area (Å²) in [7, 11) is 0. The summed E-state index contributed by atoms with van der Waals surface area (Å²) in [4.78, 5) is 28.2. The fraction of sp³-hybridized carbons (Fsp3) is 0.250. The number of nitrogens with one attached hydrogen (secondary N) is 1. The minimum absolute atomic E-state index is 0.0213. The van der Waals surface area contributed by atoms with E-state index in [-0.39, 0.29) is 11.2 Å². The van der Waals surface area contributed by atoms with Crippen LogP contribution in [-0.2, 0) is 0 Å². The Hall–Kier alpha value is -4.07. The van der Waals surface area contributed by atoms with Gasteiger partial charge in [-0.05, 0) is 37.1 Å². The number of fused-ring (bicyclic) bond motifs is 1. The van der Waals surface area contributed by atoms with Crippen molar-refractivity contribution in [2.45, 2.75) is 20.3 Å². The molecule has 2 aromatic rings. The number of H-pyrrole nitrogens is 1. The van der Waals surface area contributed by atoms with Gasteiger partial charge in [-0.25, -0.2) is 8.78 Å². The van der Waals surface area contributed by atoms with Gasteiger partial charge in [-0.2, -0.15) is 0 Å². The van der Waals surface area contributed by atoms with Crippen molar-refractivity contribution in [2.75, 3.05) is 36.0 Å². The van der Waals surface area contributed by atoms with Crippen LogP contribution in [0.15, 0.2) is 70.7 Å². The quantitative estimate of drug-likeness (QED) is 0.387. The van der Waals surface area contributed by atoms with Crippen molar-refractivity contribution < 1.29 is 8.78 Å². The lowest BCUT2D eigenvalue weighted by atomic mass is 10.0. The van der Waals surface area contributed by atoms with Crippen LogP contribution in [-0.4, -0.2) is 41.9 Å². The summed E-state index contributed by atoms with van der Waals surface area (Å²) in [6.07, 6.45) is 2.69. The van der Waals surface area contributed by atoms with E-state index in [1.165, 1.54) is 0 Å². The molecule has 3 aliphatic rings. The maximum absolute atomic E-state index is 14.2. The zero-order chi connectivity index (χ0) is 25.2. The fourth-order valence-corrected chi connectivity index (χ4v) is 4.73. The smallest absolute Gasteiger partial charge is 0.258 e. The third kappa shape index (κ3) is 4.46. The molecule has 8 heteroatoms. The van der Waals surface area contributed by atoms with Crippen LogP contribution >= 0.6 is 0 Å². The van der Waals surface area contributed by atoms with Crippen molar-refractivity contribution >= 4 is 22.8 Å². The number of pyridine rings is 1. The molecule has 0 amide bonds. The van der Waals surface area contributed by atoms with E-state index in [0.29, 0.717) is 38.2 Å². The van der Waals surface area contributed by atoms with E-state index in [2.05, 4.69) is 14.9 Å². The number of aromatic amines is 1. The van der Waals surface area contributed by atoms with Gasteiger partial charge in [0.15, 0.2) is 11.6 Å². The summed E-state index contributed by atoms with van der Waals surface area (Å²) in [6.45, 7) is 6.17. The number of hydrogen-bond acceptors (Lipinski definition) is 5. The van der Waals surface area contributed by atoms with Gasteiger partial charge in [0.1, 0.15) is 5.69 Å². The van der Waals surface area contributed by atoms with Crippen LogP contribution in [0.3, 0.4) is 0 Å². The van der Waals surface area contributed by atoms with E-state index in [1.54, 1.807) is 4.90 Å². The van der Waals surface area contributed by atoms with Crippen molar-refractivity contribution in [3.63, 3.8) is 0 Å². The molecule has 0 radical (unpaired) electrons. The molecule has 2 aliphatic heterocycles. The van der Waals surface area contributed by atoms with E-state index < -0.39 is 11.6 Å². The lowest BCUT2D eigenvalue weighted by Gasteiger charge is -2.37. The van der Waals surface area contributed by atoms with Crippen LogP contribution in [0.4, 0.5) is 25.8 Å². The molecular formula is C28H27F2N5O. The second kappa shape index (κ2) is 9.89. The molecule has 0 bridgehead atoms. The summed E-state index contributed by atoms with van der Waals surface area (Å²) in [6, 6.07) is 15.6. The largest absolute Gasteiger partial charge is 0.368 e. The third-order valence-electron chi connectivity index (χ3n) is 6.64. The van der Waals surface area contributed by atoms with E-state index in [0.717, 1.165) is 46.3 Å². The molecule has 0 atom stereocenters. The second-order valence-electron chi connectivity index (χ2n) is 8.88. The number of aryl methyl sites for hydroxylation is 1. The molecule has 1 N–H and O–H groups in total. The zero-order valence-corrected chi connectivity index (χ0v) is 20.3. The Balaban J connectivity index is 1.42. The number of aliphatic imine (C=N–C) groups is 1. The number of benzene rings is 1. The van der Waals surface area contributed by atoms with E-state index in [1.807, 2.05) is 62.4 Å². The maximum atomic E-state index is 14.2. The Kier molecular flexibility index (Phi) is 6.50. The van der Waals surface area contributed by atoms with Gasteiger partial charge in [-0.3, -0.25) is 14.8 Å². The first-order valence-electron chi connectivity index (χ1n) is 12.0. The van der Waals surface area contributed by atoms with E-state index >= 15 is 0 Å². The molecule has 184 valence electrons. The molecule has 1 saturated heterocycles. The van der Waals surface area contributed by atoms with Gasteiger partial charge < -0.3 is 14.8 Å². The number of hydrogen-bond donors (Lipinski definition) is 1. The lowest BCUT2D eigenvalue weighted by Crippen LogP contribution is -2.47. The molecule has 0 unspecified atom stereocenters. The third-order valence-corrected chi connectivity index (χ3v) is 6.64. The van der Waals surface area contributed by atoms with Crippen LogP contribution in [0.5, 0.6) is 0 Å². The highest BCUT2D eigenvalue weighted by atomic mass is 19.1. The van der Waals surface area contributed by atoms with Gasteiger partial charge in [0, 0.05) is 43.1 Å². The Bertz CT molecular complexity index is 1440. The van der Waals surface area contributed by atoms with Crippen LogP contribution in [0.1, 0.15) is 24.5 Å². The molecule has 1 fully saturated rings. The maximum Gasteiger partial charge on any atom is 0.258 e. The Morgan fingerprint density at radius 2 is 1.69 bits per heavy atom. The number of halogens is 2.